The number of fused-ring (bicyclic) bond motifs is 1. The van der Waals surface area contributed by atoms with Gasteiger partial charge in [0.05, 0.1) is 11.3 Å². The number of ether oxygens (including phenoxy) is 1. The van der Waals surface area contributed by atoms with Crippen LogP contribution in [0.25, 0.3) is 0 Å². The summed E-state index contributed by atoms with van der Waals surface area (Å²) in [6.07, 6.45) is 0.140. The van der Waals surface area contributed by atoms with E-state index in [1.54, 1.807) is 0 Å². The Hall–Kier alpha value is -1.40. The average molecular weight is 228 g/mol. The zero-order chi connectivity index (χ0) is 11.1. The van der Waals surface area contributed by atoms with Crippen LogP contribution in [0.4, 0.5) is 0 Å². The third-order valence-corrected chi connectivity index (χ3v) is 3.05. The number of hydrogen-bond acceptors (Lipinski definition) is 4. The van der Waals surface area contributed by atoms with Crippen molar-refractivity contribution in [3.05, 3.63) is 29.3 Å². The van der Waals surface area contributed by atoms with Crippen LogP contribution in [0.3, 0.4) is 0 Å². The van der Waals surface area contributed by atoms with Gasteiger partial charge in [0.2, 0.25) is 0 Å². The highest BCUT2D eigenvalue weighted by molar-refractivity contribution is 7.85. The normalized spacial score (nSPS) is 15.7. The Morgan fingerprint density at radius 2 is 2.00 bits per heavy atom. The predicted octanol–water partition coefficient (Wildman–Crippen LogP) is 0.533. The first-order valence-electron chi connectivity index (χ1n) is 4.22. The molecule has 0 bridgehead atoms. The van der Waals surface area contributed by atoms with Gasteiger partial charge in [0.15, 0.2) is 0 Å². The Balaban J connectivity index is 2.48. The molecule has 6 heteroatoms. The lowest BCUT2D eigenvalue weighted by atomic mass is 10.0. The largest absolute Gasteiger partial charge is 0.461 e. The molecule has 0 saturated carbocycles. The summed E-state index contributed by atoms with van der Waals surface area (Å²) >= 11 is 0. The van der Waals surface area contributed by atoms with E-state index in [0.717, 1.165) is 5.56 Å². The number of esters is 1. The van der Waals surface area contributed by atoms with Crippen LogP contribution < -0.4 is 0 Å². The first-order valence-corrected chi connectivity index (χ1v) is 5.66. The van der Waals surface area contributed by atoms with Crippen molar-refractivity contribution in [1.29, 1.82) is 0 Å². The smallest absolute Gasteiger partial charge is 0.310 e. The molecule has 15 heavy (non-hydrogen) atoms. The summed E-state index contributed by atoms with van der Waals surface area (Å²) in [5.41, 5.74) is 1.35. The zero-order valence-electron chi connectivity index (χ0n) is 7.63. The maximum atomic E-state index is 10.9. The van der Waals surface area contributed by atoms with E-state index in [-0.39, 0.29) is 23.9 Å². The molecule has 1 heterocycles. The number of hydrogen-bond donors (Lipinski definition) is 1. The van der Waals surface area contributed by atoms with E-state index in [2.05, 4.69) is 0 Å². The number of cyclic esters (lactones) is 1. The Morgan fingerprint density at radius 1 is 1.27 bits per heavy atom. The number of carbonyl (C=O) groups excluding carboxylic acids is 1. The molecule has 2 rings (SSSR count). The van der Waals surface area contributed by atoms with Crippen LogP contribution in [0.1, 0.15) is 11.1 Å². The van der Waals surface area contributed by atoms with E-state index in [1.807, 2.05) is 0 Å². The van der Waals surface area contributed by atoms with Gasteiger partial charge in [-0.2, -0.15) is 8.42 Å². The fourth-order valence-electron chi connectivity index (χ4n) is 1.43. The molecular weight excluding hydrogens is 220 g/mol. The van der Waals surface area contributed by atoms with Gasteiger partial charge in [0, 0.05) is 0 Å². The highest BCUT2D eigenvalue weighted by atomic mass is 32.2. The Bertz CT molecular complexity index is 517. The lowest BCUT2D eigenvalue weighted by Crippen LogP contribution is -2.16. The van der Waals surface area contributed by atoms with Gasteiger partial charge in [-0.1, -0.05) is 6.07 Å². The van der Waals surface area contributed by atoms with E-state index in [1.165, 1.54) is 18.2 Å². The minimum atomic E-state index is -4.19. The molecule has 1 N–H and O–H groups in total. The molecule has 0 aliphatic carbocycles. The van der Waals surface area contributed by atoms with Crippen molar-refractivity contribution in [2.24, 2.45) is 0 Å². The molecule has 1 aromatic rings. The molecule has 0 amide bonds. The first-order chi connectivity index (χ1) is 6.97. The monoisotopic (exact) mass is 228 g/mol. The number of carbonyl (C=O) groups is 1. The van der Waals surface area contributed by atoms with Crippen molar-refractivity contribution in [3.63, 3.8) is 0 Å². The highest BCUT2D eigenvalue weighted by Crippen LogP contribution is 2.21. The molecule has 1 aliphatic heterocycles. The highest BCUT2D eigenvalue weighted by Gasteiger charge is 2.19. The Morgan fingerprint density at radius 3 is 2.67 bits per heavy atom. The van der Waals surface area contributed by atoms with Crippen molar-refractivity contribution in [2.75, 3.05) is 0 Å². The third kappa shape index (κ3) is 2.00. The van der Waals surface area contributed by atoms with E-state index in [0.29, 0.717) is 5.56 Å². The molecule has 1 aromatic carbocycles. The van der Waals surface area contributed by atoms with Gasteiger partial charge in [-0.25, -0.2) is 0 Å². The minimum absolute atomic E-state index is 0.0531. The topological polar surface area (TPSA) is 80.7 Å². The van der Waals surface area contributed by atoms with Crippen LogP contribution in [0.5, 0.6) is 0 Å². The second-order valence-corrected chi connectivity index (χ2v) is 4.66. The molecule has 0 spiro atoms. The maximum Gasteiger partial charge on any atom is 0.310 e. The van der Waals surface area contributed by atoms with Crippen LogP contribution in [0.2, 0.25) is 0 Å². The molecule has 0 fully saturated rings. The van der Waals surface area contributed by atoms with Crippen molar-refractivity contribution >= 4 is 16.1 Å². The fraction of sp³-hybridized carbons (Fsp3) is 0.222. The van der Waals surface area contributed by atoms with Crippen molar-refractivity contribution in [1.82, 2.24) is 0 Å². The Labute approximate surface area is 86.4 Å². The van der Waals surface area contributed by atoms with Crippen molar-refractivity contribution in [2.45, 2.75) is 17.9 Å². The molecule has 0 unspecified atom stereocenters. The number of rotatable bonds is 1. The fourth-order valence-corrected chi connectivity index (χ4v) is 1.97. The van der Waals surface area contributed by atoms with Gasteiger partial charge in [0.1, 0.15) is 6.61 Å². The van der Waals surface area contributed by atoms with Gasteiger partial charge in [0.25, 0.3) is 10.1 Å². The summed E-state index contributed by atoms with van der Waals surface area (Å²) in [7, 11) is -4.19. The lowest BCUT2D eigenvalue weighted by molar-refractivity contribution is -0.145. The maximum absolute atomic E-state index is 10.9. The summed E-state index contributed by atoms with van der Waals surface area (Å²) in [6.45, 7) is 0.0531. The van der Waals surface area contributed by atoms with Crippen molar-refractivity contribution < 1.29 is 22.5 Å². The molecule has 1 aliphatic rings. The van der Waals surface area contributed by atoms with Crippen LogP contribution in [-0.4, -0.2) is 18.9 Å². The van der Waals surface area contributed by atoms with Crippen molar-refractivity contribution in [3.8, 4) is 0 Å². The van der Waals surface area contributed by atoms with E-state index in [4.69, 9.17) is 9.29 Å². The van der Waals surface area contributed by atoms with Gasteiger partial charge in [-0.3, -0.25) is 9.35 Å². The van der Waals surface area contributed by atoms with E-state index < -0.39 is 10.1 Å². The molecule has 0 aromatic heterocycles. The number of benzene rings is 1. The molecule has 0 radical (unpaired) electrons. The molecule has 0 saturated heterocycles. The summed E-state index contributed by atoms with van der Waals surface area (Å²) in [4.78, 5) is 10.7. The molecule has 0 atom stereocenters. The summed E-state index contributed by atoms with van der Waals surface area (Å²) in [6, 6.07) is 4.10. The average Bonchev–Trinajstić information content (AvgIpc) is 2.15. The third-order valence-electron chi connectivity index (χ3n) is 2.20. The second kappa shape index (κ2) is 3.32. The minimum Gasteiger partial charge on any atom is -0.461 e. The standard InChI is InChI=1S/C9H8O5S/c10-9-4-6-1-2-8(15(11,12)13)3-7(6)5-14-9/h1-3H,4-5H2,(H,11,12,13). The van der Waals surface area contributed by atoms with Gasteiger partial charge < -0.3 is 4.74 Å². The van der Waals surface area contributed by atoms with E-state index >= 15 is 0 Å². The van der Waals surface area contributed by atoms with Crippen LogP contribution >= 0.6 is 0 Å². The van der Waals surface area contributed by atoms with Gasteiger partial charge in [-0.05, 0) is 23.3 Å². The zero-order valence-corrected chi connectivity index (χ0v) is 8.45. The SMILES string of the molecule is O=C1Cc2ccc(S(=O)(=O)O)cc2CO1. The summed E-state index contributed by atoms with van der Waals surface area (Å²) < 4.78 is 35.2. The summed E-state index contributed by atoms with van der Waals surface area (Å²) in [5, 5.41) is 0. The molecule has 5 nitrogen and oxygen atoms in total. The first kappa shape index (κ1) is 10.1. The van der Waals surface area contributed by atoms with Crippen LogP contribution in [0, 0.1) is 0 Å². The van der Waals surface area contributed by atoms with E-state index in [9.17, 15) is 13.2 Å². The molecule has 80 valence electrons. The van der Waals surface area contributed by atoms with Gasteiger partial charge >= 0.3 is 5.97 Å². The van der Waals surface area contributed by atoms with Gasteiger partial charge in [-0.15, -0.1) is 0 Å². The quantitative estimate of drug-likeness (QED) is 0.560. The lowest BCUT2D eigenvalue weighted by Gasteiger charge is -2.15. The summed E-state index contributed by atoms with van der Waals surface area (Å²) in [5.74, 6) is -0.331. The predicted molar refractivity (Wildman–Crippen MR) is 49.8 cm³/mol. The second-order valence-electron chi connectivity index (χ2n) is 3.24. The Kier molecular flexibility index (Phi) is 2.24. The van der Waals surface area contributed by atoms with Crippen LogP contribution in [-0.2, 0) is 32.7 Å². The molecular formula is C9H8O5S. The van der Waals surface area contributed by atoms with Crippen LogP contribution in [0.15, 0.2) is 23.1 Å².